The van der Waals surface area contributed by atoms with Crippen LogP contribution in [-0.4, -0.2) is 49.4 Å². The van der Waals surface area contributed by atoms with E-state index in [1.165, 1.54) is 7.05 Å². The van der Waals surface area contributed by atoms with Crippen LogP contribution in [0.2, 0.25) is 0 Å². The zero-order valence-electron chi connectivity index (χ0n) is 17.9. The van der Waals surface area contributed by atoms with Gasteiger partial charge in [-0.1, -0.05) is 30.3 Å². The summed E-state index contributed by atoms with van der Waals surface area (Å²) in [5.74, 6) is -1.94. The normalized spacial score (nSPS) is 17.1. The van der Waals surface area contributed by atoms with E-state index in [4.69, 9.17) is 0 Å². The Bertz CT molecular complexity index is 1340. The minimum absolute atomic E-state index is 0.203. The molecule has 1 atom stereocenters. The summed E-state index contributed by atoms with van der Waals surface area (Å²) < 4.78 is 0. The third-order valence-electron chi connectivity index (χ3n) is 6.24. The lowest BCUT2D eigenvalue weighted by Crippen LogP contribution is -2.24. The average Bonchev–Trinajstić information content (AvgIpc) is 3.18. The summed E-state index contributed by atoms with van der Waals surface area (Å²) in [5.41, 5.74) is 4.59. The Morgan fingerprint density at radius 2 is 1.19 bits per heavy atom. The molecule has 5 rings (SSSR count). The number of hydrogen-bond donors (Lipinski definition) is 0. The van der Waals surface area contributed by atoms with Crippen LogP contribution in [-0.2, 0) is 0 Å². The van der Waals surface area contributed by atoms with Gasteiger partial charge in [-0.25, -0.2) is 0 Å². The predicted octanol–water partition coefficient (Wildman–Crippen LogP) is 3.81. The van der Waals surface area contributed by atoms with E-state index in [1.54, 1.807) is 36.4 Å². The number of ketones is 2. The van der Waals surface area contributed by atoms with Crippen LogP contribution in [0.4, 0.5) is 5.69 Å². The smallest absolute Gasteiger partial charge is 0.261 e. The number of fused-ring (bicyclic) bond motifs is 2. The number of Topliss-reactive ketones (excluding diaryl/α,β-unsaturated/α-hetero) is 2. The lowest BCUT2D eigenvalue weighted by molar-refractivity contribution is 0.0692. The highest BCUT2D eigenvalue weighted by Crippen LogP contribution is 2.37. The standard InChI is InChI=1S/C26H20N2O4/c1-27(2)17-8-4-14(5-9-17)22-23(29)18-10-6-15(12-20(18)24(22)30)16-7-11-19-21(13-16)26(32)28(3)25(19)31/h4-13,22H,1-3H3. The first-order valence-corrected chi connectivity index (χ1v) is 10.2. The van der Waals surface area contributed by atoms with Crippen LogP contribution < -0.4 is 4.90 Å². The number of anilines is 1. The summed E-state index contributed by atoms with van der Waals surface area (Å²) >= 11 is 0. The van der Waals surface area contributed by atoms with Crippen molar-refractivity contribution in [3.8, 4) is 11.1 Å². The zero-order valence-corrected chi connectivity index (χ0v) is 17.9. The highest BCUT2D eigenvalue weighted by atomic mass is 16.2. The molecule has 3 aromatic rings. The number of rotatable bonds is 3. The van der Waals surface area contributed by atoms with Crippen LogP contribution in [0.5, 0.6) is 0 Å². The Kier molecular flexibility index (Phi) is 4.34. The molecule has 1 unspecified atom stereocenters. The maximum Gasteiger partial charge on any atom is 0.261 e. The van der Waals surface area contributed by atoms with Gasteiger partial charge in [0.05, 0.1) is 11.1 Å². The van der Waals surface area contributed by atoms with E-state index in [2.05, 4.69) is 0 Å². The minimum Gasteiger partial charge on any atom is -0.378 e. The van der Waals surface area contributed by atoms with Crippen LogP contribution >= 0.6 is 0 Å². The van der Waals surface area contributed by atoms with Gasteiger partial charge < -0.3 is 4.90 Å². The van der Waals surface area contributed by atoms with Gasteiger partial charge in [0.25, 0.3) is 11.8 Å². The van der Waals surface area contributed by atoms with Crippen LogP contribution in [0.1, 0.15) is 52.9 Å². The second-order valence-electron chi connectivity index (χ2n) is 8.34. The molecule has 2 aliphatic rings. The molecule has 158 valence electrons. The van der Waals surface area contributed by atoms with Crippen molar-refractivity contribution in [3.63, 3.8) is 0 Å². The van der Waals surface area contributed by atoms with Gasteiger partial charge in [-0.3, -0.25) is 24.1 Å². The molecule has 0 aromatic heterocycles. The number of benzene rings is 3. The molecule has 0 radical (unpaired) electrons. The Morgan fingerprint density at radius 3 is 1.81 bits per heavy atom. The molecule has 0 bridgehead atoms. The molecule has 1 heterocycles. The summed E-state index contributed by atoms with van der Waals surface area (Å²) in [7, 11) is 5.31. The largest absolute Gasteiger partial charge is 0.378 e. The molecule has 6 heteroatoms. The molecule has 0 spiro atoms. The number of carbonyl (C=O) groups excluding carboxylic acids is 4. The van der Waals surface area contributed by atoms with E-state index < -0.39 is 5.92 Å². The highest BCUT2D eigenvalue weighted by molar-refractivity contribution is 6.30. The molecular weight excluding hydrogens is 404 g/mol. The Balaban J connectivity index is 1.51. The van der Waals surface area contributed by atoms with Crippen molar-refractivity contribution < 1.29 is 19.2 Å². The fraction of sp³-hybridized carbons (Fsp3) is 0.154. The number of imide groups is 1. The topological polar surface area (TPSA) is 74.8 Å². The van der Waals surface area contributed by atoms with Gasteiger partial charge in [0.1, 0.15) is 5.92 Å². The van der Waals surface area contributed by atoms with Crippen molar-refractivity contribution >= 4 is 29.1 Å². The van der Waals surface area contributed by atoms with Gasteiger partial charge in [0, 0.05) is 38.0 Å². The molecule has 0 N–H and O–H groups in total. The van der Waals surface area contributed by atoms with Gasteiger partial charge in [-0.2, -0.15) is 0 Å². The number of nitrogens with zero attached hydrogens (tertiary/aromatic N) is 2. The predicted molar refractivity (Wildman–Crippen MR) is 120 cm³/mol. The van der Waals surface area contributed by atoms with Gasteiger partial charge in [-0.05, 0) is 47.0 Å². The van der Waals surface area contributed by atoms with E-state index >= 15 is 0 Å². The maximum atomic E-state index is 13.2. The number of carbonyl (C=O) groups is 4. The average molecular weight is 424 g/mol. The van der Waals surface area contributed by atoms with Gasteiger partial charge in [-0.15, -0.1) is 0 Å². The van der Waals surface area contributed by atoms with Crippen molar-refractivity contribution in [1.29, 1.82) is 0 Å². The molecule has 0 fully saturated rings. The zero-order chi connectivity index (χ0) is 22.7. The molecule has 1 aliphatic carbocycles. The first-order chi connectivity index (χ1) is 15.3. The van der Waals surface area contributed by atoms with Crippen molar-refractivity contribution in [2.45, 2.75) is 5.92 Å². The third-order valence-corrected chi connectivity index (χ3v) is 6.24. The second kappa shape index (κ2) is 6.99. The molecule has 0 saturated heterocycles. The molecule has 6 nitrogen and oxygen atoms in total. The Labute approximate surface area is 185 Å². The van der Waals surface area contributed by atoms with E-state index in [0.29, 0.717) is 38.9 Å². The van der Waals surface area contributed by atoms with Gasteiger partial charge in [0.15, 0.2) is 11.6 Å². The van der Waals surface area contributed by atoms with Gasteiger partial charge >= 0.3 is 0 Å². The monoisotopic (exact) mass is 424 g/mol. The van der Waals surface area contributed by atoms with Crippen LogP contribution in [0.3, 0.4) is 0 Å². The molecule has 0 saturated carbocycles. The lowest BCUT2D eigenvalue weighted by atomic mass is 9.94. The van der Waals surface area contributed by atoms with Gasteiger partial charge in [0.2, 0.25) is 0 Å². The molecule has 1 aliphatic heterocycles. The summed E-state index contributed by atoms with van der Waals surface area (Å²) in [4.78, 5) is 53.7. The quantitative estimate of drug-likeness (QED) is 0.472. The van der Waals surface area contributed by atoms with Crippen molar-refractivity contribution in [1.82, 2.24) is 4.90 Å². The highest BCUT2D eigenvalue weighted by Gasteiger charge is 2.40. The second-order valence-corrected chi connectivity index (χ2v) is 8.34. The molecular formula is C26H20N2O4. The lowest BCUT2D eigenvalue weighted by Gasteiger charge is -2.14. The molecule has 2 amide bonds. The summed E-state index contributed by atoms with van der Waals surface area (Å²) in [6.45, 7) is 0. The SMILES string of the molecule is CN1C(=O)c2ccc(-c3ccc4c(c3)C(=O)C(c3ccc(N(C)C)cc3)C4=O)cc2C1=O. The summed E-state index contributed by atoms with van der Waals surface area (Å²) in [6.07, 6.45) is 0. The van der Waals surface area contributed by atoms with E-state index in [9.17, 15) is 19.2 Å². The van der Waals surface area contributed by atoms with E-state index in [1.807, 2.05) is 43.3 Å². The van der Waals surface area contributed by atoms with Crippen molar-refractivity contribution in [2.75, 3.05) is 26.0 Å². The van der Waals surface area contributed by atoms with Crippen LogP contribution in [0.25, 0.3) is 11.1 Å². The maximum absolute atomic E-state index is 13.2. The minimum atomic E-state index is -0.843. The number of hydrogen-bond acceptors (Lipinski definition) is 5. The summed E-state index contributed by atoms with van der Waals surface area (Å²) in [6, 6.07) is 17.6. The third kappa shape index (κ3) is 2.80. The van der Waals surface area contributed by atoms with E-state index in [0.717, 1.165) is 10.6 Å². The number of amides is 2. The molecule has 32 heavy (non-hydrogen) atoms. The van der Waals surface area contributed by atoms with Crippen LogP contribution in [0, 0.1) is 0 Å². The van der Waals surface area contributed by atoms with Crippen molar-refractivity contribution in [2.24, 2.45) is 0 Å². The fourth-order valence-electron chi connectivity index (χ4n) is 4.38. The molecule has 3 aromatic carbocycles. The first-order valence-electron chi connectivity index (χ1n) is 10.2. The van der Waals surface area contributed by atoms with Crippen molar-refractivity contribution in [3.05, 3.63) is 88.5 Å². The fourth-order valence-corrected chi connectivity index (χ4v) is 4.38. The first kappa shape index (κ1) is 19.9. The van der Waals surface area contributed by atoms with E-state index in [-0.39, 0.29) is 23.4 Å². The Hall–Kier alpha value is -4.06. The Morgan fingerprint density at radius 1 is 0.656 bits per heavy atom. The van der Waals surface area contributed by atoms with Crippen LogP contribution in [0.15, 0.2) is 60.7 Å². The summed E-state index contributed by atoms with van der Waals surface area (Å²) in [5, 5.41) is 0.